The quantitative estimate of drug-likeness (QED) is 0.667. The molecular formula is C12H11N. The van der Waals surface area contributed by atoms with E-state index in [0.717, 1.165) is 0 Å². The standard InChI is InChI=1S/C12H11N/c1-2-9-13-12-8-7-10-5-3-4-6-11(10)12/h1,3-8,12-13H,9H2/t12-/m0/s1. The summed E-state index contributed by atoms with van der Waals surface area (Å²) in [4.78, 5) is 0. The Morgan fingerprint density at radius 3 is 3.08 bits per heavy atom. The van der Waals surface area contributed by atoms with Gasteiger partial charge in [-0.15, -0.1) is 6.42 Å². The van der Waals surface area contributed by atoms with E-state index >= 15 is 0 Å². The average Bonchev–Trinajstić information content (AvgIpc) is 2.58. The molecule has 0 saturated heterocycles. The fraction of sp³-hybridized carbons (Fsp3) is 0.167. The smallest absolute Gasteiger partial charge is 0.0580 e. The Morgan fingerprint density at radius 1 is 1.38 bits per heavy atom. The van der Waals surface area contributed by atoms with Crippen molar-refractivity contribution in [1.29, 1.82) is 0 Å². The molecule has 0 aromatic heterocycles. The van der Waals surface area contributed by atoms with E-state index in [-0.39, 0.29) is 0 Å². The summed E-state index contributed by atoms with van der Waals surface area (Å²) in [5.41, 5.74) is 2.61. The second kappa shape index (κ2) is 3.47. The Labute approximate surface area is 78.5 Å². The fourth-order valence-electron chi connectivity index (χ4n) is 1.60. The number of hydrogen-bond acceptors (Lipinski definition) is 1. The molecule has 1 N–H and O–H groups in total. The van der Waals surface area contributed by atoms with Crippen molar-refractivity contribution < 1.29 is 0 Å². The molecule has 64 valence electrons. The second-order valence-corrected chi connectivity index (χ2v) is 3.05. The van der Waals surface area contributed by atoms with Gasteiger partial charge in [0.25, 0.3) is 0 Å². The number of hydrogen-bond donors (Lipinski definition) is 1. The van der Waals surface area contributed by atoms with Crippen molar-refractivity contribution >= 4 is 6.08 Å². The van der Waals surface area contributed by atoms with Gasteiger partial charge in [-0.05, 0) is 11.1 Å². The van der Waals surface area contributed by atoms with Crippen molar-refractivity contribution in [2.45, 2.75) is 6.04 Å². The summed E-state index contributed by atoms with van der Waals surface area (Å²) in [5.74, 6) is 2.58. The first kappa shape index (κ1) is 8.10. The van der Waals surface area contributed by atoms with Crippen LogP contribution in [0, 0.1) is 12.3 Å². The summed E-state index contributed by atoms with van der Waals surface area (Å²) in [6.45, 7) is 0.614. The molecule has 2 rings (SSSR count). The van der Waals surface area contributed by atoms with E-state index in [1.807, 2.05) is 6.07 Å². The molecule has 1 heteroatoms. The van der Waals surface area contributed by atoms with Crippen molar-refractivity contribution in [3.8, 4) is 12.3 Å². The highest BCUT2D eigenvalue weighted by Crippen LogP contribution is 2.27. The molecule has 0 unspecified atom stereocenters. The average molecular weight is 169 g/mol. The lowest BCUT2D eigenvalue weighted by Gasteiger charge is -2.10. The Balaban J connectivity index is 2.19. The van der Waals surface area contributed by atoms with Crippen molar-refractivity contribution in [3.63, 3.8) is 0 Å². The first-order chi connectivity index (χ1) is 6.42. The van der Waals surface area contributed by atoms with E-state index in [1.165, 1.54) is 11.1 Å². The molecule has 0 aliphatic heterocycles. The van der Waals surface area contributed by atoms with Crippen LogP contribution in [-0.2, 0) is 0 Å². The summed E-state index contributed by atoms with van der Waals surface area (Å²) in [5, 5.41) is 3.26. The number of terminal acetylenes is 1. The van der Waals surface area contributed by atoms with Crippen LogP contribution < -0.4 is 5.32 Å². The van der Waals surface area contributed by atoms with Gasteiger partial charge in [-0.1, -0.05) is 42.3 Å². The molecule has 13 heavy (non-hydrogen) atoms. The van der Waals surface area contributed by atoms with Crippen LogP contribution >= 0.6 is 0 Å². The Morgan fingerprint density at radius 2 is 2.23 bits per heavy atom. The lowest BCUT2D eigenvalue weighted by molar-refractivity contribution is 0.688. The zero-order chi connectivity index (χ0) is 9.10. The molecule has 0 spiro atoms. The van der Waals surface area contributed by atoms with Gasteiger partial charge in [0.2, 0.25) is 0 Å². The van der Waals surface area contributed by atoms with Crippen LogP contribution in [0.1, 0.15) is 17.2 Å². The summed E-state index contributed by atoms with van der Waals surface area (Å²) in [6, 6.07) is 8.64. The van der Waals surface area contributed by atoms with Gasteiger partial charge in [-0.2, -0.15) is 0 Å². The number of benzene rings is 1. The number of rotatable bonds is 2. The zero-order valence-electron chi connectivity index (χ0n) is 7.33. The third-order valence-corrected chi connectivity index (χ3v) is 2.22. The van der Waals surface area contributed by atoms with E-state index in [0.29, 0.717) is 12.6 Å². The predicted molar refractivity (Wildman–Crippen MR) is 55.1 cm³/mol. The minimum absolute atomic E-state index is 0.298. The minimum atomic E-state index is 0.298. The maximum Gasteiger partial charge on any atom is 0.0580 e. The highest BCUT2D eigenvalue weighted by atomic mass is 14.9. The Bertz CT molecular complexity index is 371. The molecular weight excluding hydrogens is 158 g/mol. The summed E-state index contributed by atoms with van der Waals surface area (Å²) in [7, 11) is 0. The molecule has 1 aromatic rings. The van der Waals surface area contributed by atoms with Gasteiger partial charge in [0, 0.05) is 0 Å². The SMILES string of the molecule is C#CCN[C@H]1C=Cc2ccccc21. The molecule has 0 radical (unpaired) electrons. The van der Waals surface area contributed by atoms with Gasteiger partial charge in [-0.25, -0.2) is 0 Å². The van der Waals surface area contributed by atoms with Gasteiger partial charge >= 0.3 is 0 Å². The first-order valence-electron chi connectivity index (χ1n) is 4.36. The maximum absolute atomic E-state index is 5.19. The van der Waals surface area contributed by atoms with Gasteiger partial charge in [0.1, 0.15) is 0 Å². The topological polar surface area (TPSA) is 12.0 Å². The van der Waals surface area contributed by atoms with Crippen LogP contribution in [0.4, 0.5) is 0 Å². The van der Waals surface area contributed by atoms with Gasteiger partial charge in [0.15, 0.2) is 0 Å². The van der Waals surface area contributed by atoms with Crippen LogP contribution in [0.15, 0.2) is 30.3 Å². The van der Waals surface area contributed by atoms with Crippen molar-refractivity contribution in [2.24, 2.45) is 0 Å². The van der Waals surface area contributed by atoms with E-state index in [4.69, 9.17) is 6.42 Å². The molecule has 0 bridgehead atoms. The van der Waals surface area contributed by atoms with E-state index < -0.39 is 0 Å². The maximum atomic E-state index is 5.19. The molecule has 1 aliphatic carbocycles. The Hall–Kier alpha value is -1.52. The van der Waals surface area contributed by atoms with Crippen molar-refractivity contribution in [2.75, 3.05) is 6.54 Å². The van der Waals surface area contributed by atoms with Gasteiger partial charge < -0.3 is 0 Å². The largest absolute Gasteiger partial charge is 0.296 e. The molecule has 1 nitrogen and oxygen atoms in total. The van der Waals surface area contributed by atoms with Crippen LogP contribution in [-0.4, -0.2) is 6.54 Å². The van der Waals surface area contributed by atoms with Crippen LogP contribution in [0.2, 0.25) is 0 Å². The van der Waals surface area contributed by atoms with E-state index in [2.05, 4.69) is 41.6 Å². The van der Waals surface area contributed by atoms with Crippen LogP contribution in [0.3, 0.4) is 0 Å². The number of nitrogens with one attached hydrogen (secondary N) is 1. The lowest BCUT2D eigenvalue weighted by Crippen LogP contribution is -2.18. The zero-order valence-corrected chi connectivity index (χ0v) is 7.33. The fourth-order valence-corrected chi connectivity index (χ4v) is 1.60. The Kier molecular flexibility index (Phi) is 2.16. The van der Waals surface area contributed by atoms with Gasteiger partial charge in [-0.3, -0.25) is 5.32 Å². The molecule has 1 aromatic carbocycles. The lowest BCUT2D eigenvalue weighted by atomic mass is 10.1. The number of fused-ring (bicyclic) bond motifs is 1. The van der Waals surface area contributed by atoms with Gasteiger partial charge in [0.05, 0.1) is 12.6 Å². The predicted octanol–water partition coefficient (Wildman–Crippen LogP) is 1.98. The first-order valence-corrected chi connectivity index (χ1v) is 4.36. The van der Waals surface area contributed by atoms with Crippen LogP contribution in [0.5, 0.6) is 0 Å². The molecule has 1 aliphatic rings. The van der Waals surface area contributed by atoms with Crippen molar-refractivity contribution in [1.82, 2.24) is 5.32 Å². The van der Waals surface area contributed by atoms with E-state index in [1.54, 1.807) is 0 Å². The highest BCUT2D eigenvalue weighted by Gasteiger charge is 2.14. The summed E-state index contributed by atoms with van der Waals surface area (Å²) in [6.07, 6.45) is 9.46. The third kappa shape index (κ3) is 1.49. The molecule has 0 saturated carbocycles. The monoisotopic (exact) mass is 169 g/mol. The summed E-state index contributed by atoms with van der Waals surface area (Å²) < 4.78 is 0. The van der Waals surface area contributed by atoms with E-state index in [9.17, 15) is 0 Å². The molecule has 0 heterocycles. The summed E-state index contributed by atoms with van der Waals surface area (Å²) >= 11 is 0. The highest BCUT2D eigenvalue weighted by molar-refractivity contribution is 5.61. The molecule has 0 fully saturated rings. The second-order valence-electron chi connectivity index (χ2n) is 3.05. The normalized spacial score (nSPS) is 18.2. The van der Waals surface area contributed by atoms with Crippen molar-refractivity contribution in [3.05, 3.63) is 41.5 Å². The van der Waals surface area contributed by atoms with Crippen LogP contribution in [0.25, 0.3) is 6.08 Å². The minimum Gasteiger partial charge on any atom is -0.296 e. The molecule has 1 atom stereocenters. The molecule has 0 amide bonds. The third-order valence-electron chi connectivity index (χ3n) is 2.22.